The molecule has 1 aromatic carbocycles. The number of aliphatic hydroxyl groups excluding tert-OH is 1. The van der Waals surface area contributed by atoms with Crippen LogP contribution in [0.5, 0.6) is 0 Å². The van der Waals surface area contributed by atoms with E-state index in [1.165, 1.54) is 0 Å². The number of hydrogen-bond acceptors (Lipinski definition) is 3. The molecule has 0 amide bonds. The molecule has 0 radical (unpaired) electrons. The maximum Gasteiger partial charge on any atom is 0.0963 e. The fourth-order valence-corrected chi connectivity index (χ4v) is 3.16. The van der Waals surface area contributed by atoms with Gasteiger partial charge in [-0.1, -0.05) is 31.2 Å². The van der Waals surface area contributed by atoms with E-state index in [2.05, 4.69) is 4.36 Å². The summed E-state index contributed by atoms with van der Waals surface area (Å²) in [5.74, 6) is 0.0105. The van der Waals surface area contributed by atoms with E-state index in [0.29, 0.717) is 4.90 Å². The predicted molar refractivity (Wildman–Crippen MR) is 75.8 cm³/mol. The molecule has 0 aliphatic heterocycles. The van der Waals surface area contributed by atoms with Crippen molar-refractivity contribution in [1.82, 2.24) is 0 Å². The van der Waals surface area contributed by atoms with Gasteiger partial charge in [-0.3, -0.25) is 0 Å². The second-order valence-corrected chi connectivity index (χ2v) is 6.45. The molecule has 0 aliphatic carbocycles. The van der Waals surface area contributed by atoms with Crippen LogP contribution in [0.2, 0.25) is 0 Å². The Kier molecular flexibility index (Phi) is 5.56. The Hall–Kier alpha value is -1.13. The number of hydrogen-bond donors (Lipinski definition) is 1. The highest BCUT2D eigenvalue weighted by atomic mass is 32.2. The average molecular weight is 267 g/mol. The van der Waals surface area contributed by atoms with E-state index in [1.807, 2.05) is 43.3 Å². The van der Waals surface area contributed by atoms with Crippen molar-refractivity contribution in [2.75, 3.05) is 7.05 Å². The summed E-state index contributed by atoms with van der Waals surface area (Å²) in [7, 11) is -0.952. The fraction of sp³-hybridized carbons (Fsp3) is 0.429. The van der Waals surface area contributed by atoms with Crippen LogP contribution in [0.15, 0.2) is 51.1 Å². The molecule has 1 rings (SSSR count). The molecule has 0 bridgehead atoms. The van der Waals surface area contributed by atoms with Gasteiger partial charge in [-0.25, -0.2) is 8.57 Å². The normalized spacial score (nSPS) is 18.2. The van der Waals surface area contributed by atoms with Gasteiger partial charge in [0.25, 0.3) is 0 Å². The van der Waals surface area contributed by atoms with E-state index in [1.54, 1.807) is 19.4 Å². The third kappa shape index (κ3) is 3.68. The Morgan fingerprint density at radius 1 is 1.39 bits per heavy atom. The summed E-state index contributed by atoms with van der Waals surface area (Å²) in [6.07, 6.45) is 2.18. The molecular formula is C14H21NO2S. The van der Waals surface area contributed by atoms with Crippen LogP contribution in [0.3, 0.4) is 0 Å². The number of nitrogens with zero attached hydrogens (tertiary/aromatic N) is 1. The van der Waals surface area contributed by atoms with E-state index in [-0.39, 0.29) is 5.92 Å². The summed E-state index contributed by atoms with van der Waals surface area (Å²) in [6.45, 7) is 3.74. The van der Waals surface area contributed by atoms with Gasteiger partial charge >= 0.3 is 0 Å². The first-order chi connectivity index (χ1) is 8.53. The van der Waals surface area contributed by atoms with Crippen LogP contribution in [0.1, 0.15) is 20.3 Å². The molecule has 3 nitrogen and oxygen atoms in total. The van der Waals surface area contributed by atoms with Gasteiger partial charge in [0.1, 0.15) is 0 Å². The Bertz CT molecular complexity index is 500. The molecular weight excluding hydrogens is 246 g/mol. The maximum atomic E-state index is 12.7. The maximum absolute atomic E-state index is 12.7. The van der Waals surface area contributed by atoms with E-state index >= 15 is 0 Å². The van der Waals surface area contributed by atoms with Gasteiger partial charge in [0.15, 0.2) is 0 Å². The molecule has 0 unspecified atom stereocenters. The second kappa shape index (κ2) is 6.71. The standard InChI is InChI=1S/C14H21NO2S/c1-4-13(12(2)16)10-11-18(17,15-3)14-8-6-5-7-9-14/h5-13,16H,4H2,1-3H3/b11-10-/t12-,13+,18+/m0/s1. The zero-order chi connectivity index (χ0) is 13.6. The molecule has 100 valence electrons. The van der Waals surface area contributed by atoms with Crippen molar-refractivity contribution in [3.63, 3.8) is 0 Å². The second-order valence-electron chi connectivity index (χ2n) is 4.21. The molecule has 18 heavy (non-hydrogen) atoms. The zero-order valence-corrected chi connectivity index (χ0v) is 11.9. The number of rotatable bonds is 5. The average Bonchev–Trinajstić information content (AvgIpc) is 2.39. The molecule has 0 spiro atoms. The van der Waals surface area contributed by atoms with Crippen molar-refractivity contribution in [3.8, 4) is 0 Å². The lowest BCUT2D eigenvalue weighted by Crippen LogP contribution is -2.13. The fourth-order valence-electron chi connectivity index (χ4n) is 1.71. The lowest BCUT2D eigenvalue weighted by atomic mass is 10.0. The van der Waals surface area contributed by atoms with Crippen molar-refractivity contribution in [1.29, 1.82) is 0 Å². The summed E-state index contributed by atoms with van der Waals surface area (Å²) in [5, 5.41) is 11.2. The summed E-state index contributed by atoms with van der Waals surface area (Å²) >= 11 is 0. The molecule has 1 aromatic rings. The lowest BCUT2D eigenvalue weighted by Gasteiger charge is -2.13. The van der Waals surface area contributed by atoms with Crippen LogP contribution in [-0.2, 0) is 9.73 Å². The van der Waals surface area contributed by atoms with E-state index < -0.39 is 15.8 Å². The van der Waals surface area contributed by atoms with Crippen LogP contribution < -0.4 is 0 Å². The zero-order valence-electron chi connectivity index (χ0n) is 11.1. The van der Waals surface area contributed by atoms with E-state index in [4.69, 9.17) is 0 Å². The van der Waals surface area contributed by atoms with E-state index in [0.717, 1.165) is 6.42 Å². The molecule has 1 N–H and O–H groups in total. The first-order valence-corrected chi connectivity index (χ1v) is 7.68. The molecule has 0 heterocycles. The van der Waals surface area contributed by atoms with Crippen LogP contribution in [-0.4, -0.2) is 22.5 Å². The minimum absolute atomic E-state index is 0.0105. The van der Waals surface area contributed by atoms with Gasteiger partial charge in [0.2, 0.25) is 0 Å². The smallest absolute Gasteiger partial charge is 0.0963 e. The van der Waals surface area contributed by atoms with Crippen LogP contribution >= 0.6 is 0 Å². The summed E-state index contributed by atoms with van der Waals surface area (Å²) < 4.78 is 16.7. The highest BCUT2D eigenvalue weighted by Gasteiger charge is 2.12. The Labute approximate surface area is 110 Å². The third-order valence-electron chi connectivity index (χ3n) is 2.95. The molecule has 3 atom stereocenters. The quantitative estimate of drug-likeness (QED) is 0.891. The van der Waals surface area contributed by atoms with Crippen molar-refractivity contribution in [3.05, 3.63) is 41.8 Å². The minimum atomic E-state index is -2.51. The highest BCUT2D eigenvalue weighted by Crippen LogP contribution is 2.17. The van der Waals surface area contributed by atoms with Crippen molar-refractivity contribution < 1.29 is 9.32 Å². The monoisotopic (exact) mass is 267 g/mol. The molecule has 0 fully saturated rings. The Balaban J connectivity index is 3.06. The Morgan fingerprint density at radius 3 is 2.44 bits per heavy atom. The Morgan fingerprint density at radius 2 is 2.00 bits per heavy atom. The van der Waals surface area contributed by atoms with Crippen molar-refractivity contribution in [2.24, 2.45) is 10.3 Å². The topological polar surface area (TPSA) is 49.7 Å². The first kappa shape index (κ1) is 14.9. The van der Waals surface area contributed by atoms with Gasteiger partial charge in [-0.15, -0.1) is 0 Å². The predicted octanol–water partition coefficient (Wildman–Crippen LogP) is 3.06. The van der Waals surface area contributed by atoms with Crippen molar-refractivity contribution >= 4 is 9.73 Å². The molecule has 0 saturated heterocycles. The van der Waals surface area contributed by atoms with Crippen LogP contribution in [0.4, 0.5) is 0 Å². The van der Waals surface area contributed by atoms with Gasteiger partial charge < -0.3 is 5.11 Å². The number of benzene rings is 1. The van der Waals surface area contributed by atoms with Crippen LogP contribution in [0, 0.1) is 5.92 Å². The van der Waals surface area contributed by atoms with Crippen LogP contribution in [0.25, 0.3) is 0 Å². The molecule has 4 heteroatoms. The third-order valence-corrected chi connectivity index (χ3v) is 4.97. The summed E-state index contributed by atoms with van der Waals surface area (Å²) in [6, 6.07) is 9.19. The largest absolute Gasteiger partial charge is 0.393 e. The van der Waals surface area contributed by atoms with Gasteiger partial charge in [0.05, 0.1) is 20.7 Å². The lowest BCUT2D eigenvalue weighted by molar-refractivity contribution is 0.147. The minimum Gasteiger partial charge on any atom is -0.393 e. The molecule has 0 saturated carbocycles. The molecule has 0 aliphatic rings. The van der Waals surface area contributed by atoms with Gasteiger partial charge in [-0.05, 0) is 25.5 Å². The molecule has 0 aromatic heterocycles. The first-order valence-electron chi connectivity index (χ1n) is 6.10. The van der Waals surface area contributed by atoms with Crippen molar-refractivity contribution in [2.45, 2.75) is 31.3 Å². The van der Waals surface area contributed by atoms with Gasteiger partial charge in [0, 0.05) is 18.4 Å². The number of aliphatic hydroxyl groups is 1. The highest BCUT2D eigenvalue weighted by molar-refractivity contribution is 7.96. The van der Waals surface area contributed by atoms with E-state index in [9.17, 15) is 9.32 Å². The SMILES string of the molecule is CC[C@H](/C=C\[S@](=O)(=NC)c1ccccc1)[C@H](C)O. The van der Waals surface area contributed by atoms with Gasteiger partial charge in [-0.2, -0.15) is 0 Å². The summed E-state index contributed by atoms with van der Waals surface area (Å²) in [5.41, 5.74) is 0. The summed E-state index contributed by atoms with van der Waals surface area (Å²) in [4.78, 5) is 0.698.